The van der Waals surface area contributed by atoms with Crippen molar-refractivity contribution in [1.82, 2.24) is 5.32 Å². The van der Waals surface area contributed by atoms with Gasteiger partial charge in [-0.05, 0) is 43.9 Å². The van der Waals surface area contributed by atoms with Crippen LogP contribution in [0.25, 0.3) is 0 Å². The average Bonchev–Trinajstić information content (AvgIpc) is 2.44. The molecule has 0 bridgehead atoms. The van der Waals surface area contributed by atoms with E-state index in [-0.39, 0.29) is 11.0 Å². The lowest BCUT2D eigenvalue weighted by Crippen LogP contribution is -2.51. The summed E-state index contributed by atoms with van der Waals surface area (Å²) in [5.41, 5.74) is 0.327. The molecule has 0 radical (unpaired) electrons. The van der Waals surface area contributed by atoms with Crippen molar-refractivity contribution in [1.29, 1.82) is 0 Å². The van der Waals surface area contributed by atoms with Crippen molar-refractivity contribution in [3.8, 4) is 0 Å². The van der Waals surface area contributed by atoms with Crippen molar-refractivity contribution in [2.45, 2.75) is 64.0 Å². The topological polar surface area (TPSA) is 50.7 Å². The second kappa shape index (κ2) is 7.21. The van der Waals surface area contributed by atoms with Gasteiger partial charge in [0.2, 0.25) is 0 Å². The fraction of sp³-hybridized carbons (Fsp3) is 1.00. The minimum atomic E-state index is 0.0728. The van der Waals surface area contributed by atoms with Gasteiger partial charge in [-0.3, -0.25) is 0 Å². The zero-order valence-electron chi connectivity index (χ0n) is 13.1. The van der Waals surface area contributed by atoms with E-state index in [1.54, 1.807) is 0 Å². The average molecular weight is 285 g/mol. The normalized spacial score (nSPS) is 26.9. The fourth-order valence-electron chi connectivity index (χ4n) is 3.36. The van der Waals surface area contributed by atoms with Crippen LogP contribution in [0.3, 0.4) is 0 Å². The van der Waals surface area contributed by atoms with Crippen molar-refractivity contribution >= 4 is 0 Å². The first-order chi connectivity index (χ1) is 9.55. The van der Waals surface area contributed by atoms with Crippen LogP contribution in [0.15, 0.2) is 0 Å². The molecule has 20 heavy (non-hydrogen) atoms. The molecule has 2 fully saturated rings. The molecule has 4 nitrogen and oxygen atoms in total. The summed E-state index contributed by atoms with van der Waals surface area (Å²) in [7, 11) is 0. The maximum Gasteiger partial charge on any atom is 0.0741 e. The molecule has 2 saturated heterocycles. The van der Waals surface area contributed by atoms with Gasteiger partial charge in [0.15, 0.2) is 0 Å². The first-order valence-electron chi connectivity index (χ1n) is 8.11. The predicted octanol–water partition coefficient (Wildman–Crippen LogP) is 2.10. The first kappa shape index (κ1) is 16.2. The number of aliphatic hydroxyl groups is 1. The number of rotatable bonds is 6. The lowest BCUT2D eigenvalue weighted by molar-refractivity contribution is -0.140. The number of hydrogen-bond acceptors (Lipinski definition) is 4. The minimum absolute atomic E-state index is 0.0728. The molecule has 4 heteroatoms. The maximum atomic E-state index is 8.96. The van der Waals surface area contributed by atoms with Crippen molar-refractivity contribution in [2.24, 2.45) is 5.41 Å². The van der Waals surface area contributed by atoms with E-state index < -0.39 is 0 Å². The molecule has 2 aliphatic heterocycles. The van der Waals surface area contributed by atoms with Crippen LogP contribution < -0.4 is 5.32 Å². The molecule has 0 aromatic rings. The van der Waals surface area contributed by atoms with Crippen molar-refractivity contribution in [2.75, 3.05) is 33.0 Å². The summed E-state index contributed by atoms with van der Waals surface area (Å²) in [5.74, 6) is 0. The minimum Gasteiger partial charge on any atom is -0.396 e. The van der Waals surface area contributed by atoms with E-state index in [4.69, 9.17) is 14.6 Å². The predicted molar refractivity (Wildman–Crippen MR) is 79.9 cm³/mol. The van der Waals surface area contributed by atoms with Crippen LogP contribution in [-0.4, -0.2) is 49.7 Å². The number of hydrogen-bond donors (Lipinski definition) is 2. The summed E-state index contributed by atoms with van der Waals surface area (Å²) in [6.07, 6.45) is 6.27. The summed E-state index contributed by atoms with van der Waals surface area (Å²) < 4.78 is 11.5. The zero-order valence-corrected chi connectivity index (χ0v) is 13.1. The molecule has 0 amide bonds. The Morgan fingerprint density at radius 3 is 2.70 bits per heavy atom. The lowest BCUT2D eigenvalue weighted by atomic mass is 9.83. The van der Waals surface area contributed by atoms with Gasteiger partial charge in [0.1, 0.15) is 0 Å². The number of aliphatic hydroxyl groups excluding tert-OH is 1. The van der Waals surface area contributed by atoms with Crippen LogP contribution in [0, 0.1) is 5.41 Å². The van der Waals surface area contributed by atoms with E-state index in [0.717, 1.165) is 64.9 Å². The Bertz CT molecular complexity index is 282. The molecule has 118 valence electrons. The van der Waals surface area contributed by atoms with Crippen LogP contribution >= 0.6 is 0 Å². The standard InChI is InChI=1S/C16H31NO3/c1-15(2,5-3-8-18)13-17-14-4-9-20-16(12-14)6-10-19-11-7-16/h14,17-18H,3-13H2,1-2H3. The molecule has 2 heterocycles. The van der Waals surface area contributed by atoms with Gasteiger partial charge in [0, 0.05) is 39.0 Å². The maximum absolute atomic E-state index is 8.96. The fourth-order valence-corrected chi connectivity index (χ4v) is 3.36. The Morgan fingerprint density at radius 1 is 1.25 bits per heavy atom. The van der Waals surface area contributed by atoms with Crippen molar-refractivity contribution < 1.29 is 14.6 Å². The third-order valence-corrected chi connectivity index (χ3v) is 4.78. The molecule has 1 unspecified atom stereocenters. The monoisotopic (exact) mass is 285 g/mol. The van der Waals surface area contributed by atoms with Crippen LogP contribution in [-0.2, 0) is 9.47 Å². The molecule has 2 rings (SSSR count). The van der Waals surface area contributed by atoms with E-state index in [2.05, 4.69) is 19.2 Å². The Morgan fingerprint density at radius 2 is 2.00 bits per heavy atom. The van der Waals surface area contributed by atoms with Gasteiger partial charge in [0.25, 0.3) is 0 Å². The molecule has 0 aliphatic carbocycles. The van der Waals surface area contributed by atoms with Gasteiger partial charge in [0.05, 0.1) is 5.60 Å². The van der Waals surface area contributed by atoms with E-state index >= 15 is 0 Å². The second-order valence-corrected chi connectivity index (χ2v) is 7.21. The van der Waals surface area contributed by atoms with E-state index in [9.17, 15) is 0 Å². The SMILES string of the molecule is CC(C)(CCCO)CNC1CCOC2(CCOCC2)C1. The molecule has 2 N–H and O–H groups in total. The molecule has 0 aromatic heterocycles. The Hall–Kier alpha value is -0.160. The third kappa shape index (κ3) is 4.69. The third-order valence-electron chi connectivity index (χ3n) is 4.78. The van der Waals surface area contributed by atoms with E-state index in [0.29, 0.717) is 12.6 Å². The van der Waals surface area contributed by atoms with E-state index in [1.165, 1.54) is 0 Å². The van der Waals surface area contributed by atoms with E-state index in [1.807, 2.05) is 0 Å². The van der Waals surface area contributed by atoms with Gasteiger partial charge in [-0.15, -0.1) is 0 Å². The van der Waals surface area contributed by atoms with Gasteiger partial charge >= 0.3 is 0 Å². The molecule has 1 atom stereocenters. The van der Waals surface area contributed by atoms with Crippen LogP contribution in [0.4, 0.5) is 0 Å². The highest BCUT2D eigenvalue weighted by molar-refractivity contribution is 4.92. The summed E-state index contributed by atoms with van der Waals surface area (Å²) in [5, 5.41) is 12.7. The van der Waals surface area contributed by atoms with Crippen LogP contribution in [0.5, 0.6) is 0 Å². The summed E-state index contributed by atoms with van der Waals surface area (Å²) in [4.78, 5) is 0. The highest BCUT2D eigenvalue weighted by Gasteiger charge is 2.39. The second-order valence-electron chi connectivity index (χ2n) is 7.21. The van der Waals surface area contributed by atoms with Gasteiger partial charge in [-0.2, -0.15) is 0 Å². The van der Waals surface area contributed by atoms with Gasteiger partial charge < -0.3 is 19.9 Å². The summed E-state index contributed by atoms with van der Waals surface area (Å²) in [6.45, 7) is 8.42. The van der Waals surface area contributed by atoms with Gasteiger partial charge in [-0.25, -0.2) is 0 Å². The largest absolute Gasteiger partial charge is 0.396 e. The molecular formula is C16H31NO3. The first-order valence-corrected chi connectivity index (χ1v) is 8.11. The number of ether oxygens (including phenoxy) is 2. The van der Waals surface area contributed by atoms with Crippen LogP contribution in [0.1, 0.15) is 52.4 Å². The number of nitrogens with one attached hydrogen (secondary N) is 1. The summed E-state index contributed by atoms with van der Waals surface area (Å²) in [6, 6.07) is 0.565. The summed E-state index contributed by atoms with van der Waals surface area (Å²) >= 11 is 0. The van der Waals surface area contributed by atoms with Gasteiger partial charge in [-0.1, -0.05) is 13.8 Å². The molecule has 1 spiro atoms. The zero-order chi connectivity index (χ0) is 14.5. The lowest BCUT2D eigenvalue weighted by Gasteiger charge is -2.44. The van der Waals surface area contributed by atoms with Crippen LogP contribution in [0.2, 0.25) is 0 Å². The Balaban J connectivity index is 1.78. The van der Waals surface area contributed by atoms with Crippen molar-refractivity contribution in [3.05, 3.63) is 0 Å². The smallest absolute Gasteiger partial charge is 0.0741 e. The Kier molecular flexibility index (Phi) is 5.84. The quantitative estimate of drug-likeness (QED) is 0.785. The molecular weight excluding hydrogens is 254 g/mol. The highest BCUT2D eigenvalue weighted by Crippen LogP contribution is 2.34. The molecule has 0 aromatic carbocycles. The molecule has 2 aliphatic rings. The molecule has 0 saturated carbocycles. The highest BCUT2D eigenvalue weighted by atomic mass is 16.5. The Labute approximate surface area is 123 Å². The van der Waals surface area contributed by atoms with Crippen molar-refractivity contribution in [3.63, 3.8) is 0 Å².